The van der Waals surface area contributed by atoms with Crippen LogP contribution in [0.25, 0.3) is 6.08 Å². The molecule has 4 nitrogen and oxygen atoms in total. The molecule has 3 aromatic carbocycles. The van der Waals surface area contributed by atoms with Crippen LogP contribution in [0.15, 0.2) is 88.8 Å². The Morgan fingerprint density at radius 3 is 2.50 bits per heavy atom. The third kappa shape index (κ3) is 4.58. The highest BCUT2D eigenvalue weighted by Gasteiger charge is 2.30. The van der Waals surface area contributed by atoms with E-state index in [1.54, 1.807) is 11.9 Å². The zero-order valence-electron chi connectivity index (χ0n) is 16.3. The van der Waals surface area contributed by atoms with Crippen molar-refractivity contribution in [2.45, 2.75) is 6.61 Å². The van der Waals surface area contributed by atoms with Crippen LogP contribution in [0.3, 0.4) is 0 Å². The highest BCUT2D eigenvalue weighted by atomic mass is 35.5. The molecule has 4 rings (SSSR count). The van der Waals surface area contributed by atoms with E-state index in [0.29, 0.717) is 27.5 Å². The van der Waals surface area contributed by atoms with Crippen molar-refractivity contribution in [3.63, 3.8) is 0 Å². The summed E-state index contributed by atoms with van der Waals surface area (Å²) in [6.07, 6.45) is 1.85. The number of aliphatic imine (C=N–C) groups is 1. The Kier molecular flexibility index (Phi) is 6.21. The summed E-state index contributed by atoms with van der Waals surface area (Å²) in [5.74, 6) is 0.602. The van der Waals surface area contributed by atoms with Crippen molar-refractivity contribution < 1.29 is 9.53 Å². The molecular weight excluding hydrogens is 416 g/mol. The van der Waals surface area contributed by atoms with Crippen LogP contribution < -0.4 is 4.74 Å². The quantitative estimate of drug-likeness (QED) is 0.452. The van der Waals surface area contributed by atoms with Crippen molar-refractivity contribution in [1.82, 2.24) is 4.90 Å². The topological polar surface area (TPSA) is 41.9 Å². The predicted molar refractivity (Wildman–Crippen MR) is 124 cm³/mol. The van der Waals surface area contributed by atoms with Gasteiger partial charge in [-0.15, -0.1) is 0 Å². The molecule has 1 aliphatic heterocycles. The summed E-state index contributed by atoms with van der Waals surface area (Å²) in [6.45, 7) is 0.349. The summed E-state index contributed by atoms with van der Waals surface area (Å²) in [5.41, 5.74) is 2.55. The maximum absolute atomic E-state index is 12.7. The fourth-order valence-corrected chi connectivity index (χ4v) is 4.08. The van der Waals surface area contributed by atoms with Gasteiger partial charge in [0.25, 0.3) is 5.91 Å². The van der Waals surface area contributed by atoms with Gasteiger partial charge in [-0.3, -0.25) is 9.69 Å². The van der Waals surface area contributed by atoms with Crippen LogP contribution >= 0.6 is 23.4 Å². The highest BCUT2D eigenvalue weighted by Crippen LogP contribution is 2.34. The number of nitrogens with zero attached hydrogens (tertiary/aromatic N) is 2. The van der Waals surface area contributed by atoms with E-state index in [2.05, 4.69) is 4.99 Å². The van der Waals surface area contributed by atoms with E-state index < -0.39 is 0 Å². The van der Waals surface area contributed by atoms with Crippen LogP contribution in [0, 0.1) is 0 Å². The first-order valence-corrected chi connectivity index (χ1v) is 10.6. The predicted octanol–water partition coefficient (Wildman–Crippen LogP) is 6.15. The van der Waals surface area contributed by atoms with Crippen molar-refractivity contribution in [3.8, 4) is 5.75 Å². The van der Waals surface area contributed by atoms with Crippen LogP contribution in [0.1, 0.15) is 11.1 Å². The number of halogens is 1. The molecule has 1 fully saturated rings. The van der Waals surface area contributed by atoms with E-state index in [0.717, 1.165) is 16.8 Å². The number of benzene rings is 3. The molecule has 1 aliphatic rings. The van der Waals surface area contributed by atoms with E-state index in [1.165, 1.54) is 11.8 Å². The van der Waals surface area contributed by atoms with Crippen LogP contribution in [-0.2, 0) is 11.4 Å². The number of para-hydroxylation sites is 2. The molecule has 1 saturated heterocycles. The zero-order chi connectivity index (χ0) is 20.9. The summed E-state index contributed by atoms with van der Waals surface area (Å²) < 4.78 is 6.01. The molecule has 0 bridgehead atoms. The Bertz CT molecular complexity index is 1130. The number of carbonyl (C=O) groups is 1. The lowest BCUT2D eigenvalue weighted by Crippen LogP contribution is -2.23. The minimum Gasteiger partial charge on any atom is -0.488 e. The van der Waals surface area contributed by atoms with Crippen LogP contribution in [-0.4, -0.2) is 23.0 Å². The number of amides is 1. The fraction of sp³-hybridized carbons (Fsp3) is 0.0833. The van der Waals surface area contributed by atoms with Gasteiger partial charge < -0.3 is 4.74 Å². The van der Waals surface area contributed by atoms with E-state index >= 15 is 0 Å². The number of likely N-dealkylation sites (N-methyl/N-ethyl adjacent to an activating group) is 1. The summed E-state index contributed by atoms with van der Waals surface area (Å²) >= 11 is 7.58. The minimum absolute atomic E-state index is 0.0874. The lowest BCUT2D eigenvalue weighted by atomic mass is 10.1. The number of thioether (sulfide) groups is 1. The molecule has 0 unspecified atom stereocenters. The second kappa shape index (κ2) is 9.20. The first kappa shape index (κ1) is 20.3. The maximum atomic E-state index is 12.7. The second-order valence-corrected chi connectivity index (χ2v) is 8.04. The van der Waals surface area contributed by atoms with Gasteiger partial charge in [0.05, 0.1) is 10.6 Å². The molecule has 0 radical (unpaired) electrons. The van der Waals surface area contributed by atoms with Gasteiger partial charge in [-0.1, -0.05) is 66.2 Å². The van der Waals surface area contributed by atoms with Crippen LogP contribution in [0.5, 0.6) is 5.75 Å². The van der Waals surface area contributed by atoms with Crippen LogP contribution in [0.4, 0.5) is 5.69 Å². The lowest BCUT2D eigenvalue weighted by Gasteiger charge is -2.10. The molecular formula is C24H19ClN2O2S. The summed E-state index contributed by atoms with van der Waals surface area (Å²) in [7, 11) is 1.73. The molecule has 30 heavy (non-hydrogen) atoms. The third-order valence-electron chi connectivity index (χ3n) is 4.53. The number of rotatable bonds is 5. The number of ether oxygens (including phenoxy) is 1. The first-order chi connectivity index (χ1) is 14.6. The van der Waals surface area contributed by atoms with Crippen molar-refractivity contribution in [3.05, 3.63) is 99.9 Å². The number of amidine groups is 1. The average Bonchev–Trinajstić information content (AvgIpc) is 3.02. The maximum Gasteiger partial charge on any atom is 0.266 e. The molecule has 0 saturated carbocycles. The third-order valence-corrected chi connectivity index (χ3v) is 5.96. The zero-order valence-corrected chi connectivity index (χ0v) is 17.9. The van der Waals surface area contributed by atoms with E-state index in [4.69, 9.17) is 16.3 Å². The van der Waals surface area contributed by atoms with Crippen LogP contribution in [0.2, 0.25) is 5.02 Å². The van der Waals surface area contributed by atoms with E-state index in [-0.39, 0.29) is 5.91 Å². The average molecular weight is 435 g/mol. The smallest absolute Gasteiger partial charge is 0.266 e. The van der Waals surface area contributed by atoms with Crippen molar-refractivity contribution >= 4 is 46.2 Å². The van der Waals surface area contributed by atoms with Gasteiger partial charge in [0.15, 0.2) is 5.17 Å². The van der Waals surface area contributed by atoms with Gasteiger partial charge in [0, 0.05) is 23.2 Å². The Labute approximate surface area is 184 Å². The highest BCUT2D eigenvalue weighted by molar-refractivity contribution is 8.18. The molecule has 6 heteroatoms. The second-order valence-electron chi connectivity index (χ2n) is 6.62. The molecule has 3 aromatic rings. The van der Waals surface area contributed by atoms with E-state index in [9.17, 15) is 4.79 Å². The number of carbonyl (C=O) groups excluding carboxylic acids is 1. The normalized spacial score (nSPS) is 16.5. The number of hydrogen-bond acceptors (Lipinski definition) is 4. The first-order valence-electron chi connectivity index (χ1n) is 9.38. The fourth-order valence-electron chi connectivity index (χ4n) is 2.91. The van der Waals surface area contributed by atoms with Gasteiger partial charge in [0.2, 0.25) is 0 Å². The molecule has 0 aliphatic carbocycles. The molecule has 1 heterocycles. The van der Waals surface area contributed by atoms with Gasteiger partial charge in [-0.2, -0.15) is 0 Å². The SMILES string of the molecule is CN1C(=O)C(=Cc2ccccc2OCc2ccccc2Cl)SC1=Nc1ccccc1. The number of hydrogen-bond donors (Lipinski definition) is 0. The van der Waals surface area contributed by atoms with Gasteiger partial charge in [0.1, 0.15) is 12.4 Å². The lowest BCUT2D eigenvalue weighted by molar-refractivity contribution is -0.121. The Morgan fingerprint density at radius 1 is 1.00 bits per heavy atom. The molecule has 1 amide bonds. The molecule has 0 spiro atoms. The summed E-state index contributed by atoms with van der Waals surface area (Å²) in [4.78, 5) is 19.5. The van der Waals surface area contributed by atoms with Gasteiger partial charge >= 0.3 is 0 Å². The molecule has 0 aromatic heterocycles. The Morgan fingerprint density at radius 2 is 1.70 bits per heavy atom. The van der Waals surface area contributed by atoms with Crippen molar-refractivity contribution in [2.75, 3.05) is 7.05 Å². The standard InChI is InChI=1S/C24H19ClN2O2S/c1-27-23(28)22(30-24(27)26-19-11-3-2-4-12-19)15-17-9-6-8-14-21(17)29-16-18-10-5-7-13-20(18)25/h2-15H,16H2,1H3. The van der Waals surface area contributed by atoms with Crippen molar-refractivity contribution in [1.29, 1.82) is 0 Å². The monoisotopic (exact) mass is 434 g/mol. The van der Waals surface area contributed by atoms with E-state index in [1.807, 2.05) is 84.9 Å². The molecule has 150 valence electrons. The summed E-state index contributed by atoms with van der Waals surface area (Å²) in [5, 5.41) is 1.31. The van der Waals surface area contributed by atoms with Gasteiger partial charge in [-0.25, -0.2) is 4.99 Å². The molecule has 0 atom stereocenters. The van der Waals surface area contributed by atoms with Crippen molar-refractivity contribution in [2.24, 2.45) is 4.99 Å². The summed E-state index contributed by atoms with van der Waals surface area (Å²) in [6, 6.07) is 24.8. The minimum atomic E-state index is -0.0874. The van der Waals surface area contributed by atoms with Gasteiger partial charge in [-0.05, 0) is 42.1 Å². The Hall–Kier alpha value is -3.02. The Balaban J connectivity index is 1.57. The molecule has 0 N–H and O–H groups in total. The largest absolute Gasteiger partial charge is 0.488 e.